The highest BCUT2D eigenvalue weighted by Crippen LogP contribution is 2.39. The molecule has 2 atom stereocenters. The number of amides is 1. The maximum Gasteiger partial charge on any atom is 0.409 e. The van der Waals surface area contributed by atoms with Crippen molar-refractivity contribution in [1.82, 2.24) is 5.32 Å². The summed E-state index contributed by atoms with van der Waals surface area (Å²) in [7, 11) is 0. The minimum absolute atomic E-state index is 0.147. The lowest BCUT2D eigenvalue weighted by molar-refractivity contribution is -0.274. The Labute approximate surface area is 116 Å². The molecule has 1 amide bonds. The topological polar surface area (TPSA) is 29.1 Å². The zero-order valence-electron chi connectivity index (χ0n) is 10.3. The van der Waals surface area contributed by atoms with Crippen LogP contribution >= 0.6 is 11.6 Å². The Bertz CT molecular complexity index is 329. The Morgan fingerprint density at radius 3 is 2.15 bits per heavy atom. The van der Waals surface area contributed by atoms with Crippen LogP contribution in [0.1, 0.15) is 25.7 Å². The third-order valence-electron chi connectivity index (χ3n) is 3.20. The van der Waals surface area contributed by atoms with Crippen molar-refractivity contribution < 1.29 is 31.1 Å². The summed E-state index contributed by atoms with van der Waals surface area (Å²) in [5, 5.41) is 1.60. The summed E-state index contributed by atoms with van der Waals surface area (Å²) in [6.45, 7) is -0.218. The van der Waals surface area contributed by atoms with Gasteiger partial charge in [-0.3, -0.25) is 4.79 Å². The minimum Gasteiger partial charge on any atom is -0.355 e. The van der Waals surface area contributed by atoms with Crippen LogP contribution in [0.25, 0.3) is 0 Å². The van der Waals surface area contributed by atoms with E-state index in [9.17, 15) is 31.1 Å². The first-order valence-corrected chi connectivity index (χ1v) is 6.50. The number of alkyl halides is 7. The third-order valence-corrected chi connectivity index (χ3v) is 3.60. The smallest absolute Gasteiger partial charge is 0.355 e. The third kappa shape index (κ3) is 5.03. The fraction of sp³-hybridized carbons (Fsp3) is 0.909. The molecule has 0 spiro atoms. The quantitative estimate of drug-likeness (QED) is 0.623. The second-order valence-electron chi connectivity index (χ2n) is 4.89. The van der Waals surface area contributed by atoms with Crippen molar-refractivity contribution in [3.63, 3.8) is 0 Å². The van der Waals surface area contributed by atoms with Crippen molar-refractivity contribution in [2.75, 3.05) is 6.54 Å². The molecule has 0 aromatic rings. The van der Waals surface area contributed by atoms with Gasteiger partial charge in [-0.2, -0.15) is 26.3 Å². The van der Waals surface area contributed by atoms with Crippen molar-refractivity contribution in [1.29, 1.82) is 0 Å². The molecule has 1 fully saturated rings. The summed E-state index contributed by atoms with van der Waals surface area (Å²) in [4.78, 5) is 11.2. The molecular weight excluding hydrogens is 312 g/mol. The molecule has 1 N–H and O–H groups in total. The van der Waals surface area contributed by atoms with Crippen LogP contribution in [0, 0.1) is 11.8 Å². The van der Waals surface area contributed by atoms with Gasteiger partial charge in [0.15, 0.2) is 0 Å². The normalized spacial score (nSPS) is 24.8. The van der Waals surface area contributed by atoms with Gasteiger partial charge in [0.2, 0.25) is 11.8 Å². The Hall–Kier alpha value is -0.660. The van der Waals surface area contributed by atoms with Gasteiger partial charge >= 0.3 is 12.4 Å². The maximum atomic E-state index is 12.3. The van der Waals surface area contributed by atoms with Gasteiger partial charge in [-0.25, -0.2) is 0 Å². The Morgan fingerprint density at radius 2 is 1.70 bits per heavy atom. The van der Waals surface area contributed by atoms with Crippen molar-refractivity contribution in [3.8, 4) is 0 Å². The Morgan fingerprint density at radius 1 is 1.15 bits per heavy atom. The van der Waals surface area contributed by atoms with Gasteiger partial charge < -0.3 is 5.32 Å². The second-order valence-corrected chi connectivity index (χ2v) is 5.51. The predicted octanol–water partition coefficient (Wildman–Crippen LogP) is 3.64. The van der Waals surface area contributed by atoms with Crippen LogP contribution in [-0.2, 0) is 4.79 Å². The summed E-state index contributed by atoms with van der Waals surface area (Å²) in [6, 6.07) is 0. The summed E-state index contributed by atoms with van der Waals surface area (Å²) < 4.78 is 73.8. The summed E-state index contributed by atoms with van der Waals surface area (Å²) in [5.74, 6) is -6.22. The van der Waals surface area contributed by atoms with E-state index in [-0.39, 0.29) is 17.8 Å². The van der Waals surface area contributed by atoms with Gasteiger partial charge in [0.05, 0.1) is 0 Å². The van der Waals surface area contributed by atoms with Gasteiger partial charge in [0, 0.05) is 11.9 Å². The molecule has 1 saturated carbocycles. The molecule has 0 aliphatic heterocycles. The maximum absolute atomic E-state index is 12.3. The van der Waals surface area contributed by atoms with E-state index in [1.165, 1.54) is 0 Å². The first kappa shape index (κ1) is 17.4. The molecule has 0 heterocycles. The van der Waals surface area contributed by atoms with Gasteiger partial charge in [0.1, 0.15) is 0 Å². The fourth-order valence-corrected chi connectivity index (χ4v) is 2.65. The van der Waals surface area contributed by atoms with Crippen LogP contribution in [0.3, 0.4) is 0 Å². The Kier molecular flexibility index (Phi) is 5.57. The van der Waals surface area contributed by atoms with Crippen LogP contribution < -0.4 is 5.32 Å². The van der Waals surface area contributed by atoms with Gasteiger partial charge in [0.25, 0.3) is 0 Å². The summed E-state index contributed by atoms with van der Waals surface area (Å²) in [6.07, 6.45) is -8.68. The van der Waals surface area contributed by atoms with Crippen molar-refractivity contribution in [2.45, 2.75) is 43.4 Å². The number of rotatable bonds is 3. The Balaban J connectivity index is 2.59. The predicted molar refractivity (Wildman–Crippen MR) is 60.2 cm³/mol. The lowest BCUT2D eigenvalue weighted by atomic mass is 9.89. The molecule has 1 aliphatic rings. The van der Waals surface area contributed by atoms with E-state index in [0.29, 0.717) is 12.8 Å². The van der Waals surface area contributed by atoms with Crippen molar-refractivity contribution >= 4 is 17.5 Å². The number of hydrogen-bond donors (Lipinski definition) is 1. The lowest BCUT2D eigenvalue weighted by Gasteiger charge is -2.27. The van der Waals surface area contributed by atoms with E-state index in [4.69, 9.17) is 11.6 Å². The number of carbonyl (C=O) groups is 1. The van der Waals surface area contributed by atoms with Crippen LogP contribution in [0.2, 0.25) is 0 Å². The average Bonchev–Trinajstić information content (AvgIpc) is 2.22. The highest BCUT2D eigenvalue weighted by Gasteiger charge is 2.61. The molecule has 2 unspecified atom stereocenters. The lowest BCUT2D eigenvalue weighted by Crippen LogP contribution is -2.49. The average molecular weight is 326 g/mol. The molecule has 1 aliphatic carbocycles. The van der Waals surface area contributed by atoms with E-state index < -0.39 is 24.2 Å². The van der Waals surface area contributed by atoms with E-state index in [2.05, 4.69) is 0 Å². The standard InChI is InChI=1S/C11H14ClF6NO/c12-7-3-1-2-6(4-7)5-19-9(20)8(10(13,14)15)11(16,17)18/h6-8H,1-5H2,(H,19,20). The zero-order valence-corrected chi connectivity index (χ0v) is 11.1. The highest BCUT2D eigenvalue weighted by atomic mass is 35.5. The molecule has 0 aromatic carbocycles. The molecule has 1 rings (SSSR count). The highest BCUT2D eigenvalue weighted by molar-refractivity contribution is 6.20. The van der Waals surface area contributed by atoms with E-state index >= 15 is 0 Å². The zero-order chi connectivity index (χ0) is 15.6. The molecule has 20 heavy (non-hydrogen) atoms. The minimum atomic E-state index is -5.65. The van der Waals surface area contributed by atoms with Gasteiger partial charge in [-0.05, 0) is 25.2 Å². The molecule has 9 heteroatoms. The molecule has 0 aromatic heterocycles. The van der Waals surface area contributed by atoms with E-state index in [1.807, 2.05) is 0 Å². The molecule has 0 saturated heterocycles. The van der Waals surface area contributed by atoms with Crippen LogP contribution in [-0.4, -0.2) is 30.2 Å². The number of hydrogen-bond acceptors (Lipinski definition) is 1. The largest absolute Gasteiger partial charge is 0.409 e. The number of halogens is 7. The van der Waals surface area contributed by atoms with Crippen molar-refractivity contribution in [3.05, 3.63) is 0 Å². The van der Waals surface area contributed by atoms with Gasteiger partial charge in [-0.1, -0.05) is 6.42 Å². The summed E-state index contributed by atoms with van der Waals surface area (Å²) in [5.41, 5.74) is 0. The first-order chi connectivity index (χ1) is 9.01. The number of nitrogens with one attached hydrogen (secondary N) is 1. The molecule has 2 nitrogen and oxygen atoms in total. The van der Waals surface area contributed by atoms with Crippen LogP contribution in [0.5, 0.6) is 0 Å². The molecule has 118 valence electrons. The van der Waals surface area contributed by atoms with E-state index in [1.54, 1.807) is 5.32 Å². The van der Waals surface area contributed by atoms with Crippen molar-refractivity contribution in [2.24, 2.45) is 11.8 Å². The van der Waals surface area contributed by atoms with Crippen LogP contribution in [0.15, 0.2) is 0 Å². The second kappa shape index (κ2) is 6.41. The molecule has 0 bridgehead atoms. The SMILES string of the molecule is O=C(NCC1CCCC(Cl)C1)C(C(F)(F)F)C(F)(F)F. The number of carbonyl (C=O) groups excluding carboxylic acids is 1. The summed E-state index contributed by atoms with van der Waals surface area (Å²) >= 11 is 5.86. The van der Waals surface area contributed by atoms with E-state index in [0.717, 1.165) is 12.8 Å². The molecule has 0 radical (unpaired) electrons. The van der Waals surface area contributed by atoms with Gasteiger partial charge in [-0.15, -0.1) is 11.6 Å². The monoisotopic (exact) mass is 325 g/mol. The van der Waals surface area contributed by atoms with Crippen LogP contribution in [0.4, 0.5) is 26.3 Å². The molecular formula is C11H14ClF6NO. The fourth-order valence-electron chi connectivity index (χ4n) is 2.24. The first-order valence-electron chi connectivity index (χ1n) is 6.07.